The van der Waals surface area contributed by atoms with Crippen molar-refractivity contribution in [3.8, 4) is 23.0 Å². The third-order valence-corrected chi connectivity index (χ3v) is 16.1. The average Bonchev–Trinajstić information content (AvgIpc) is 3.40. The van der Waals surface area contributed by atoms with Crippen LogP contribution in [0.5, 0.6) is 23.0 Å². The molecule has 1 saturated carbocycles. The fraction of sp³-hybridized carbons (Fsp3) is 0.678. The summed E-state index contributed by atoms with van der Waals surface area (Å²) in [7, 11) is 7.42. The van der Waals surface area contributed by atoms with Crippen LogP contribution in [0, 0.1) is 35.5 Å². The summed E-state index contributed by atoms with van der Waals surface area (Å²) in [6.45, 7) is 12.6. The molecule has 3 aliphatic heterocycles. The highest BCUT2D eigenvalue weighted by Crippen LogP contribution is 2.43. The van der Waals surface area contributed by atoms with E-state index >= 15 is 0 Å². The van der Waals surface area contributed by atoms with E-state index in [9.17, 15) is 39.3 Å². The smallest absolute Gasteiger partial charge is 0.329 e. The van der Waals surface area contributed by atoms with E-state index in [0.717, 1.165) is 5.57 Å². The normalized spacial score (nSPS) is 36.1. The largest absolute Gasteiger partial charge is 0.493 e. The molecule has 17 heteroatoms. The number of benzene rings is 1. The lowest BCUT2D eigenvalue weighted by Gasteiger charge is -2.43. The lowest BCUT2D eigenvalue weighted by Crippen LogP contribution is -2.61. The Kier molecular flexibility index (Phi) is 23.3. The van der Waals surface area contributed by atoms with Gasteiger partial charge in [-0.3, -0.25) is 19.2 Å². The van der Waals surface area contributed by atoms with Crippen LogP contribution in [0.25, 0.3) is 0 Å². The van der Waals surface area contributed by atoms with Gasteiger partial charge < -0.3 is 58.1 Å². The molecule has 3 fully saturated rings. The van der Waals surface area contributed by atoms with E-state index < -0.39 is 83.9 Å². The summed E-state index contributed by atoms with van der Waals surface area (Å²) in [6, 6.07) is 2.14. The van der Waals surface area contributed by atoms with Crippen molar-refractivity contribution in [2.45, 2.75) is 180 Å². The molecule has 0 spiro atoms. The number of Topliss-reactive ketones (excluding diaryl/α,β-unsaturated/α-hetero) is 3. The van der Waals surface area contributed by atoms with E-state index in [4.69, 9.17) is 37.9 Å². The number of ketones is 3. The quantitative estimate of drug-likeness (QED) is 0.116. The van der Waals surface area contributed by atoms with Gasteiger partial charge in [-0.15, -0.1) is 0 Å². The van der Waals surface area contributed by atoms with Gasteiger partial charge in [-0.25, -0.2) is 4.79 Å². The summed E-state index contributed by atoms with van der Waals surface area (Å²) >= 11 is 0. The van der Waals surface area contributed by atoms with Gasteiger partial charge in [0, 0.05) is 63.5 Å². The number of carbonyl (C=O) groups excluding carboxylic acids is 5. The number of nitrogens with zero attached hydrogens (tertiary/aromatic N) is 1. The van der Waals surface area contributed by atoms with Crippen molar-refractivity contribution in [3.63, 3.8) is 0 Å². The van der Waals surface area contributed by atoms with Gasteiger partial charge in [0.1, 0.15) is 42.0 Å². The topological polar surface area (TPSA) is 223 Å². The predicted molar refractivity (Wildman–Crippen MR) is 285 cm³/mol. The zero-order valence-electron chi connectivity index (χ0n) is 47.0. The highest BCUT2D eigenvalue weighted by atomic mass is 16.6. The van der Waals surface area contributed by atoms with Crippen LogP contribution in [0.15, 0.2) is 59.7 Å². The lowest BCUT2D eigenvalue weighted by atomic mass is 9.78. The maximum absolute atomic E-state index is 14.6. The number of ether oxygens (including phenoxy) is 8. The second-order valence-electron chi connectivity index (χ2n) is 21.8. The van der Waals surface area contributed by atoms with E-state index in [1.807, 2.05) is 51.2 Å². The second kappa shape index (κ2) is 28.6. The van der Waals surface area contributed by atoms with E-state index in [0.29, 0.717) is 86.4 Å². The van der Waals surface area contributed by atoms with E-state index in [-0.39, 0.29) is 61.2 Å². The van der Waals surface area contributed by atoms with Crippen LogP contribution < -0.4 is 18.9 Å². The number of hydrogen-bond acceptors (Lipinski definition) is 16. The van der Waals surface area contributed by atoms with Crippen LogP contribution in [0.2, 0.25) is 0 Å². The summed E-state index contributed by atoms with van der Waals surface area (Å²) in [5.41, 5.74) is 1.12. The van der Waals surface area contributed by atoms with Gasteiger partial charge in [-0.05, 0) is 107 Å². The van der Waals surface area contributed by atoms with Crippen molar-refractivity contribution < 1.29 is 77.2 Å². The minimum absolute atomic E-state index is 0.0414. The van der Waals surface area contributed by atoms with Crippen molar-refractivity contribution in [3.05, 3.63) is 59.7 Å². The molecule has 1 aromatic rings. The third-order valence-electron chi connectivity index (χ3n) is 16.1. The zero-order valence-corrected chi connectivity index (χ0v) is 47.0. The monoisotopic (exact) mass is 1070 g/mol. The molecule has 424 valence electrons. The molecule has 1 aliphatic carbocycles. The molecule has 15 atom stereocenters. The number of methoxy groups -OCH3 is 5. The molecule has 1 amide bonds. The molecule has 0 radical (unpaired) electrons. The van der Waals surface area contributed by atoms with E-state index in [2.05, 4.69) is 0 Å². The molecule has 2 bridgehead atoms. The minimum atomic E-state index is -2.54. The Labute approximate surface area is 450 Å². The van der Waals surface area contributed by atoms with Crippen LogP contribution in [-0.2, 0) is 42.9 Å². The molecule has 17 nitrogen and oxygen atoms in total. The predicted octanol–water partition coefficient (Wildman–Crippen LogP) is 7.64. The summed E-state index contributed by atoms with van der Waals surface area (Å²) in [4.78, 5) is 73.0. The number of amides is 1. The lowest BCUT2D eigenvalue weighted by molar-refractivity contribution is -0.265. The summed E-state index contributed by atoms with van der Waals surface area (Å²) in [5.74, 6) is -7.04. The Balaban J connectivity index is 1.53. The molecule has 3 N–H and O–H groups in total. The molecule has 2 saturated heterocycles. The fourth-order valence-corrected chi connectivity index (χ4v) is 11.3. The Bertz CT molecular complexity index is 2250. The molecule has 76 heavy (non-hydrogen) atoms. The molecule has 5 rings (SSSR count). The SMILES string of the molecule is COc1cc(O[C@H]2C[C@@H]3CC[C@@H](C)[C@@](O)(O3)C(=O)C(=O)N3CCCC[C@H]3C(=O)O[C@H]([C@H](C)C[C@H]3CC[C@@H](O)[C@H](OC)C3)CC(=O)[C@H](C)/C=C(\C)[C@@H](O)[C@@H](OC)C(=O)[C@H](C)C[C@H](C)\C=C/C=C/C=C/2C)cc(OC)c1OC. The van der Waals surface area contributed by atoms with E-state index in [1.165, 1.54) is 33.3 Å². The van der Waals surface area contributed by atoms with Crippen molar-refractivity contribution in [2.24, 2.45) is 35.5 Å². The molecular weight excluding hydrogens is 979 g/mol. The summed E-state index contributed by atoms with van der Waals surface area (Å²) < 4.78 is 47.3. The third kappa shape index (κ3) is 15.6. The highest BCUT2D eigenvalue weighted by molar-refractivity contribution is 6.39. The number of esters is 1. The molecule has 1 aromatic carbocycles. The van der Waals surface area contributed by atoms with E-state index in [1.54, 1.807) is 53.0 Å². The van der Waals surface area contributed by atoms with Gasteiger partial charge in [0.05, 0.1) is 39.6 Å². The number of cyclic esters (lactones) is 1. The second-order valence-corrected chi connectivity index (χ2v) is 21.8. The Morgan fingerprint density at radius 2 is 1.50 bits per heavy atom. The van der Waals surface area contributed by atoms with Gasteiger partial charge in [-0.2, -0.15) is 0 Å². The van der Waals surface area contributed by atoms with Gasteiger partial charge >= 0.3 is 5.97 Å². The standard InChI is InChI=1S/C59H87NO16/c1-34-18-14-13-15-19-35(2)47(74-43-31-50(70-9)54(72-11)51(32-43)71-10)30-42-23-21-40(7)59(68,76-42)56(65)57(66)60-25-17-16-20-44(60)58(67)75-48(37(4)28-41-22-24-45(61)49(29-41)69-8)33-46(62)36(3)27-39(6)53(64)55(73-12)52(63)38(5)26-34/h13-15,18-19,27,31-32,34,36-38,40-42,44-45,47-49,53,55,61,64,68H,16-17,20-26,28-30,33H2,1-12H3/b15-13+,18-14-,35-19+,39-27+/t34-,36-,37-,38-,40-,41-,42+,44+,45-,47+,48+,49-,53-,55+,59-/m1/s1. The van der Waals surface area contributed by atoms with Crippen molar-refractivity contribution in [2.75, 3.05) is 42.1 Å². The highest BCUT2D eigenvalue weighted by Gasteiger charge is 2.53. The van der Waals surface area contributed by atoms with Crippen molar-refractivity contribution in [1.29, 1.82) is 0 Å². The Morgan fingerprint density at radius 3 is 2.14 bits per heavy atom. The summed E-state index contributed by atoms with van der Waals surface area (Å²) in [5, 5.41) is 34.4. The van der Waals surface area contributed by atoms with Gasteiger partial charge in [0.2, 0.25) is 11.5 Å². The number of carbonyl (C=O) groups is 5. The van der Waals surface area contributed by atoms with Crippen molar-refractivity contribution >= 4 is 29.2 Å². The molecule has 0 aromatic heterocycles. The van der Waals surface area contributed by atoms with Crippen LogP contribution in [-0.4, -0.2) is 146 Å². The van der Waals surface area contributed by atoms with Crippen LogP contribution in [0.1, 0.15) is 126 Å². The number of hydrogen-bond donors (Lipinski definition) is 3. The minimum Gasteiger partial charge on any atom is -0.493 e. The van der Waals surface area contributed by atoms with Crippen LogP contribution in [0.3, 0.4) is 0 Å². The number of aliphatic hydroxyl groups is 3. The van der Waals surface area contributed by atoms with Crippen LogP contribution in [0.4, 0.5) is 0 Å². The Hall–Kier alpha value is -4.91. The average molecular weight is 1070 g/mol. The summed E-state index contributed by atoms with van der Waals surface area (Å²) in [6.07, 6.45) is 9.86. The van der Waals surface area contributed by atoms with Crippen LogP contribution >= 0.6 is 0 Å². The maximum atomic E-state index is 14.6. The van der Waals surface area contributed by atoms with Crippen molar-refractivity contribution in [1.82, 2.24) is 4.90 Å². The maximum Gasteiger partial charge on any atom is 0.329 e. The van der Waals surface area contributed by atoms with Gasteiger partial charge in [-0.1, -0.05) is 71.1 Å². The first kappa shape index (κ1) is 61.9. The molecular formula is C59H87NO16. The fourth-order valence-electron chi connectivity index (χ4n) is 11.3. The zero-order chi connectivity index (χ0) is 56.0. The first-order valence-corrected chi connectivity index (χ1v) is 27.2. The first-order chi connectivity index (χ1) is 36.1. The van der Waals surface area contributed by atoms with Gasteiger partial charge in [0.15, 0.2) is 17.3 Å². The number of piperidine rings is 1. The molecule has 3 heterocycles. The Morgan fingerprint density at radius 1 is 0.803 bits per heavy atom. The number of fused-ring (bicyclic) bond motifs is 3. The number of rotatable bonds is 10. The number of aliphatic hydroxyl groups excluding tert-OH is 2. The van der Waals surface area contributed by atoms with Gasteiger partial charge in [0.25, 0.3) is 11.7 Å². The molecule has 4 aliphatic rings. The first-order valence-electron chi connectivity index (χ1n) is 27.2. The molecule has 0 unspecified atom stereocenters. The number of allylic oxidation sites excluding steroid dienone is 6.